The number of aromatic nitrogens is 4. The van der Waals surface area contributed by atoms with E-state index in [1.165, 1.54) is 0 Å². The van der Waals surface area contributed by atoms with E-state index in [0.717, 1.165) is 28.6 Å². The van der Waals surface area contributed by atoms with Crippen molar-refractivity contribution in [1.29, 1.82) is 0 Å². The lowest BCUT2D eigenvalue weighted by Crippen LogP contribution is -2.36. The van der Waals surface area contributed by atoms with Crippen molar-refractivity contribution in [2.45, 2.75) is 20.0 Å². The average Bonchev–Trinajstić information content (AvgIpc) is 3.25. The Morgan fingerprint density at radius 1 is 1.12 bits per heavy atom. The van der Waals surface area contributed by atoms with Crippen molar-refractivity contribution < 1.29 is 9.47 Å². The summed E-state index contributed by atoms with van der Waals surface area (Å²) in [6.07, 6.45) is 5.48. The minimum atomic E-state index is 0.0359. The summed E-state index contributed by atoms with van der Waals surface area (Å²) in [5.41, 5.74) is 3.73. The number of fused-ring (bicyclic) bond motifs is 1. The summed E-state index contributed by atoms with van der Waals surface area (Å²) < 4.78 is 13.5. The summed E-state index contributed by atoms with van der Waals surface area (Å²) in [6, 6.07) is 16.0. The summed E-state index contributed by atoms with van der Waals surface area (Å²) in [4.78, 5) is 15.7. The zero-order valence-corrected chi connectivity index (χ0v) is 18.2. The molecule has 162 valence electrons. The lowest BCUT2D eigenvalue weighted by molar-refractivity contribution is 0.215. The molecule has 0 bridgehead atoms. The molecule has 1 aliphatic rings. The van der Waals surface area contributed by atoms with Gasteiger partial charge in [0.1, 0.15) is 11.9 Å². The Kier molecular flexibility index (Phi) is 5.10. The number of rotatable bonds is 5. The SMILES string of the molecule is COc1cc(Nc2ncc3c(n2)N(c2ccccc2)CC(C)O3)ccc1-n1cnc(C)c1. The lowest BCUT2D eigenvalue weighted by atomic mass is 10.2. The largest absolute Gasteiger partial charge is 0.494 e. The van der Waals surface area contributed by atoms with Gasteiger partial charge in [0.2, 0.25) is 5.95 Å². The van der Waals surface area contributed by atoms with E-state index in [9.17, 15) is 0 Å². The van der Waals surface area contributed by atoms with Gasteiger partial charge < -0.3 is 24.3 Å². The van der Waals surface area contributed by atoms with Crippen LogP contribution in [-0.2, 0) is 0 Å². The van der Waals surface area contributed by atoms with Gasteiger partial charge in [-0.2, -0.15) is 4.98 Å². The zero-order valence-electron chi connectivity index (χ0n) is 18.2. The van der Waals surface area contributed by atoms with E-state index >= 15 is 0 Å². The third-order valence-electron chi connectivity index (χ3n) is 5.25. The van der Waals surface area contributed by atoms with Gasteiger partial charge in [0.05, 0.1) is 37.6 Å². The number of nitrogens with zero attached hydrogens (tertiary/aromatic N) is 5. The molecule has 2 aromatic heterocycles. The highest BCUT2D eigenvalue weighted by molar-refractivity contribution is 5.69. The first-order valence-corrected chi connectivity index (χ1v) is 10.4. The molecule has 1 atom stereocenters. The summed E-state index contributed by atoms with van der Waals surface area (Å²) in [7, 11) is 1.65. The Morgan fingerprint density at radius 2 is 1.97 bits per heavy atom. The van der Waals surface area contributed by atoms with Crippen LogP contribution in [0.5, 0.6) is 11.5 Å². The minimum Gasteiger partial charge on any atom is -0.494 e. The number of aryl methyl sites for hydroxylation is 1. The number of nitrogens with one attached hydrogen (secondary N) is 1. The Hall–Kier alpha value is -4.07. The number of hydrogen-bond acceptors (Lipinski definition) is 7. The van der Waals surface area contributed by atoms with Gasteiger partial charge in [0.15, 0.2) is 11.6 Å². The normalized spacial score (nSPS) is 15.1. The third-order valence-corrected chi connectivity index (χ3v) is 5.25. The molecule has 0 aliphatic carbocycles. The fraction of sp³-hybridized carbons (Fsp3) is 0.208. The van der Waals surface area contributed by atoms with Gasteiger partial charge in [-0.25, -0.2) is 9.97 Å². The molecule has 8 nitrogen and oxygen atoms in total. The maximum atomic E-state index is 5.97. The Labute approximate surface area is 186 Å². The number of imidazole rings is 1. The lowest BCUT2D eigenvalue weighted by Gasteiger charge is -2.33. The number of benzene rings is 2. The highest BCUT2D eigenvalue weighted by atomic mass is 16.5. The van der Waals surface area contributed by atoms with Crippen molar-refractivity contribution in [2.24, 2.45) is 0 Å². The molecule has 0 spiro atoms. The predicted molar refractivity (Wildman–Crippen MR) is 124 cm³/mol. The van der Waals surface area contributed by atoms with Gasteiger partial charge in [0.25, 0.3) is 0 Å². The van der Waals surface area contributed by atoms with Crippen LogP contribution in [0.2, 0.25) is 0 Å². The fourth-order valence-corrected chi connectivity index (χ4v) is 3.78. The molecule has 4 aromatic rings. The summed E-state index contributed by atoms with van der Waals surface area (Å²) in [6.45, 7) is 4.70. The maximum absolute atomic E-state index is 5.97. The molecule has 8 heteroatoms. The van der Waals surface area contributed by atoms with Gasteiger partial charge >= 0.3 is 0 Å². The van der Waals surface area contributed by atoms with Crippen molar-refractivity contribution in [3.63, 3.8) is 0 Å². The van der Waals surface area contributed by atoms with Crippen LogP contribution in [-0.4, -0.2) is 39.3 Å². The first kappa shape index (κ1) is 19.9. The van der Waals surface area contributed by atoms with E-state index in [1.54, 1.807) is 19.6 Å². The molecule has 32 heavy (non-hydrogen) atoms. The van der Waals surface area contributed by atoms with Crippen LogP contribution in [0, 0.1) is 6.92 Å². The van der Waals surface area contributed by atoms with Crippen molar-refractivity contribution in [2.75, 3.05) is 23.9 Å². The van der Waals surface area contributed by atoms with E-state index in [0.29, 0.717) is 24.0 Å². The van der Waals surface area contributed by atoms with Crippen LogP contribution in [0.3, 0.4) is 0 Å². The van der Waals surface area contributed by atoms with E-state index in [4.69, 9.17) is 14.5 Å². The Morgan fingerprint density at radius 3 is 2.72 bits per heavy atom. The van der Waals surface area contributed by atoms with Crippen molar-refractivity contribution in [3.05, 3.63) is 72.9 Å². The standard InChI is InChI=1S/C24H24N6O2/c1-16-13-29(15-26-16)20-10-9-18(11-21(20)31-3)27-24-25-12-22-23(28-24)30(14-17(2)32-22)19-7-5-4-6-8-19/h4-13,15,17H,14H2,1-3H3,(H,25,27,28). The fourth-order valence-electron chi connectivity index (χ4n) is 3.78. The first-order chi connectivity index (χ1) is 15.6. The quantitative estimate of drug-likeness (QED) is 0.496. The predicted octanol–water partition coefficient (Wildman–Crippen LogP) is 4.64. The third kappa shape index (κ3) is 3.82. The van der Waals surface area contributed by atoms with Gasteiger partial charge in [0, 0.05) is 23.6 Å². The van der Waals surface area contributed by atoms with Crippen molar-refractivity contribution in [1.82, 2.24) is 19.5 Å². The second kappa shape index (κ2) is 8.22. The molecule has 5 rings (SSSR count). The van der Waals surface area contributed by atoms with Crippen LogP contribution < -0.4 is 19.7 Å². The molecule has 0 saturated heterocycles. The van der Waals surface area contributed by atoms with Crippen LogP contribution in [0.15, 0.2) is 67.3 Å². The molecule has 0 saturated carbocycles. The van der Waals surface area contributed by atoms with E-state index < -0.39 is 0 Å². The second-order valence-electron chi connectivity index (χ2n) is 7.69. The molecule has 0 radical (unpaired) electrons. The number of para-hydroxylation sites is 1. The number of anilines is 4. The van der Waals surface area contributed by atoms with Gasteiger partial charge in [-0.3, -0.25) is 0 Å². The van der Waals surface area contributed by atoms with E-state index in [2.05, 4.69) is 32.3 Å². The summed E-state index contributed by atoms with van der Waals surface area (Å²) in [5.74, 6) is 2.61. The van der Waals surface area contributed by atoms with Gasteiger partial charge in [-0.05, 0) is 38.1 Å². The minimum absolute atomic E-state index is 0.0359. The number of hydrogen-bond donors (Lipinski definition) is 1. The van der Waals surface area contributed by atoms with Crippen LogP contribution in [0.25, 0.3) is 5.69 Å². The summed E-state index contributed by atoms with van der Waals surface area (Å²) in [5, 5.41) is 3.29. The van der Waals surface area contributed by atoms with E-state index in [1.807, 2.05) is 61.0 Å². The van der Waals surface area contributed by atoms with Crippen LogP contribution in [0.1, 0.15) is 12.6 Å². The second-order valence-corrected chi connectivity index (χ2v) is 7.69. The first-order valence-electron chi connectivity index (χ1n) is 10.4. The molecular formula is C24H24N6O2. The smallest absolute Gasteiger partial charge is 0.229 e. The highest BCUT2D eigenvalue weighted by Gasteiger charge is 2.26. The zero-order chi connectivity index (χ0) is 22.1. The molecule has 1 aliphatic heterocycles. The Balaban J connectivity index is 1.45. The molecule has 1 unspecified atom stereocenters. The van der Waals surface area contributed by atoms with Crippen molar-refractivity contribution in [3.8, 4) is 17.2 Å². The van der Waals surface area contributed by atoms with Gasteiger partial charge in [-0.1, -0.05) is 18.2 Å². The molecule has 1 N–H and O–H groups in total. The van der Waals surface area contributed by atoms with Crippen molar-refractivity contribution >= 4 is 23.1 Å². The molecule has 2 aromatic carbocycles. The Bertz CT molecular complexity index is 1240. The summed E-state index contributed by atoms with van der Waals surface area (Å²) >= 11 is 0. The van der Waals surface area contributed by atoms with Gasteiger partial charge in [-0.15, -0.1) is 0 Å². The number of ether oxygens (including phenoxy) is 2. The highest BCUT2D eigenvalue weighted by Crippen LogP contribution is 2.37. The average molecular weight is 428 g/mol. The molecule has 3 heterocycles. The molecular weight excluding hydrogens is 404 g/mol. The topological polar surface area (TPSA) is 77.3 Å². The number of methoxy groups -OCH3 is 1. The van der Waals surface area contributed by atoms with E-state index in [-0.39, 0.29) is 6.10 Å². The molecule has 0 fully saturated rings. The molecule has 0 amide bonds. The monoisotopic (exact) mass is 428 g/mol. The van der Waals surface area contributed by atoms with Crippen LogP contribution >= 0.6 is 0 Å². The van der Waals surface area contributed by atoms with Crippen LogP contribution in [0.4, 0.5) is 23.1 Å². The maximum Gasteiger partial charge on any atom is 0.229 e.